The molecule has 0 spiro atoms. The highest BCUT2D eigenvalue weighted by Gasteiger charge is 2.53. The highest BCUT2D eigenvalue weighted by molar-refractivity contribution is 9.10. The average molecular weight is 634 g/mol. The van der Waals surface area contributed by atoms with Crippen LogP contribution in [0.3, 0.4) is 0 Å². The molecule has 1 aliphatic rings. The average Bonchev–Trinajstić information content (AvgIpc) is 3.38. The van der Waals surface area contributed by atoms with Gasteiger partial charge >= 0.3 is 0 Å². The Kier molecular flexibility index (Phi) is 9.39. The molecule has 41 heavy (non-hydrogen) atoms. The van der Waals surface area contributed by atoms with Crippen molar-refractivity contribution in [1.29, 1.82) is 0 Å². The van der Waals surface area contributed by atoms with Crippen LogP contribution in [0.1, 0.15) is 34.8 Å². The van der Waals surface area contributed by atoms with Gasteiger partial charge in [0, 0.05) is 41.1 Å². The number of carbonyl (C=O) groups is 1. The molecule has 6 nitrogen and oxygen atoms in total. The van der Waals surface area contributed by atoms with Crippen molar-refractivity contribution < 1.29 is 19.4 Å². The van der Waals surface area contributed by atoms with Gasteiger partial charge in [0.2, 0.25) is 5.90 Å². The standard InChI is InChI=1S/C33H30BrClN2O4/c34-27-14-10-23(11-15-27)21-33(32(39)36-22-24-6-4-9-28(35)20-24)30(25-7-2-1-3-8-25)41-31(37-33)26-12-16-29(17-13-26)40-19-5-18-38/h1-4,6-17,20,30,38H,5,18-19,21-22H2,(H,36,39)/t30-,33-/m1/s1. The summed E-state index contributed by atoms with van der Waals surface area (Å²) in [6.45, 7) is 0.795. The Labute approximate surface area is 253 Å². The van der Waals surface area contributed by atoms with Crippen LogP contribution in [0.4, 0.5) is 0 Å². The first-order valence-electron chi connectivity index (χ1n) is 13.4. The van der Waals surface area contributed by atoms with Crippen molar-refractivity contribution in [3.63, 3.8) is 0 Å². The van der Waals surface area contributed by atoms with E-state index in [1.807, 2.05) is 97.1 Å². The van der Waals surface area contributed by atoms with E-state index >= 15 is 0 Å². The minimum atomic E-state index is -1.28. The number of nitrogens with zero attached hydrogens (tertiary/aromatic N) is 1. The topological polar surface area (TPSA) is 80.2 Å². The second-order valence-corrected chi connectivity index (χ2v) is 11.2. The summed E-state index contributed by atoms with van der Waals surface area (Å²) < 4.78 is 13.2. The highest BCUT2D eigenvalue weighted by Crippen LogP contribution is 2.42. The Bertz CT molecular complexity index is 1500. The van der Waals surface area contributed by atoms with Crippen LogP contribution in [0.5, 0.6) is 5.75 Å². The molecule has 0 unspecified atom stereocenters. The van der Waals surface area contributed by atoms with Gasteiger partial charge in [-0.15, -0.1) is 0 Å². The maximum atomic E-state index is 14.3. The molecule has 0 bridgehead atoms. The third-order valence-electron chi connectivity index (χ3n) is 6.86. The summed E-state index contributed by atoms with van der Waals surface area (Å²) in [4.78, 5) is 19.3. The number of rotatable bonds is 11. The van der Waals surface area contributed by atoms with E-state index in [-0.39, 0.29) is 12.5 Å². The van der Waals surface area contributed by atoms with Gasteiger partial charge in [-0.25, -0.2) is 4.99 Å². The molecular formula is C33H30BrClN2O4. The maximum Gasteiger partial charge on any atom is 0.252 e. The molecule has 1 amide bonds. The number of aliphatic imine (C=N–C) groups is 1. The first-order chi connectivity index (χ1) is 20.0. The lowest BCUT2D eigenvalue weighted by Crippen LogP contribution is -2.49. The Morgan fingerprint density at radius 2 is 1.73 bits per heavy atom. The maximum absolute atomic E-state index is 14.3. The molecule has 4 aromatic rings. The fourth-order valence-corrected chi connectivity index (χ4v) is 5.28. The van der Waals surface area contributed by atoms with E-state index in [1.165, 1.54) is 0 Å². The first-order valence-corrected chi connectivity index (χ1v) is 14.6. The second kappa shape index (κ2) is 13.3. The number of ether oxygens (including phenoxy) is 2. The number of benzene rings is 4. The normalized spacial score (nSPS) is 17.9. The molecule has 0 saturated heterocycles. The molecule has 2 atom stereocenters. The lowest BCUT2D eigenvalue weighted by molar-refractivity contribution is -0.129. The van der Waals surface area contributed by atoms with Crippen molar-refractivity contribution in [2.24, 2.45) is 4.99 Å². The lowest BCUT2D eigenvalue weighted by Gasteiger charge is -2.31. The number of amides is 1. The second-order valence-electron chi connectivity index (χ2n) is 9.82. The summed E-state index contributed by atoms with van der Waals surface area (Å²) in [5.74, 6) is 0.824. The van der Waals surface area contributed by atoms with Crippen LogP contribution >= 0.6 is 27.5 Å². The third-order valence-corrected chi connectivity index (χ3v) is 7.62. The van der Waals surface area contributed by atoms with E-state index in [0.717, 1.165) is 26.7 Å². The van der Waals surface area contributed by atoms with Crippen molar-refractivity contribution >= 4 is 39.3 Å². The van der Waals surface area contributed by atoms with Gasteiger partial charge in [-0.2, -0.15) is 0 Å². The third kappa shape index (κ3) is 6.99. The molecule has 0 fully saturated rings. The molecule has 4 aromatic carbocycles. The molecule has 0 aromatic heterocycles. The predicted molar refractivity (Wildman–Crippen MR) is 164 cm³/mol. The van der Waals surface area contributed by atoms with Crippen LogP contribution < -0.4 is 10.1 Å². The fraction of sp³-hybridized carbons (Fsp3) is 0.212. The number of aliphatic hydroxyl groups excluding tert-OH is 1. The number of hydrogen-bond acceptors (Lipinski definition) is 5. The Morgan fingerprint density at radius 1 is 0.976 bits per heavy atom. The zero-order chi connectivity index (χ0) is 28.7. The summed E-state index contributed by atoms with van der Waals surface area (Å²) in [5.41, 5.74) is 2.15. The Morgan fingerprint density at radius 3 is 2.44 bits per heavy atom. The highest BCUT2D eigenvalue weighted by atomic mass is 79.9. The van der Waals surface area contributed by atoms with Gasteiger partial charge in [0.15, 0.2) is 11.6 Å². The fourth-order valence-electron chi connectivity index (χ4n) is 4.81. The van der Waals surface area contributed by atoms with Crippen LogP contribution in [0, 0.1) is 0 Å². The molecule has 2 N–H and O–H groups in total. The lowest BCUT2D eigenvalue weighted by atomic mass is 9.82. The molecule has 8 heteroatoms. The van der Waals surface area contributed by atoms with Gasteiger partial charge < -0.3 is 19.9 Å². The smallest absolute Gasteiger partial charge is 0.252 e. The summed E-state index contributed by atoms with van der Waals surface area (Å²) in [6.07, 6.45) is 0.217. The number of carbonyl (C=O) groups excluding carboxylic acids is 1. The van der Waals surface area contributed by atoms with Crippen LogP contribution in [0.25, 0.3) is 0 Å². The van der Waals surface area contributed by atoms with Gasteiger partial charge in [-0.1, -0.05) is 82.1 Å². The van der Waals surface area contributed by atoms with E-state index in [2.05, 4.69) is 21.2 Å². The zero-order valence-electron chi connectivity index (χ0n) is 22.3. The van der Waals surface area contributed by atoms with Crippen LogP contribution in [-0.4, -0.2) is 35.7 Å². The van der Waals surface area contributed by atoms with E-state index in [9.17, 15) is 4.79 Å². The quantitative estimate of drug-likeness (QED) is 0.181. The van der Waals surface area contributed by atoms with Crippen LogP contribution in [-0.2, 0) is 22.5 Å². The largest absolute Gasteiger partial charge is 0.494 e. The van der Waals surface area contributed by atoms with E-state index in [0.29, 0.717) is 42.7 Å². The van der Waals surface area contributed by atoms with Crippen molar-refractivity contribution in [3.05, 3.63) is 135 Å². The van der Waals surface area contributed by atoms with Crippen molar-refractivity contribution in [3.8, 4) is 5.75 Å². The van der Waals surface area contributed by atoms with Crippen molar-refractivity contribution in [1.82, 2.24) is 5.32 Å². The van der Waals surface area contributed by atoms with Crippen LogP contribution in [0.15, 0.2) is 113 Å². The van der Waals surface area contributed by atoms with Crippen molar-refractivity contribution in [2.75, 3.05) is 13.2 Å². The minimum Gasteiger partial charge on any atom is -0.494 e. The number of nitrogens with one attached hydrogen (secondary N) is 1. The molecule has 0 saturated carbocycles. The van der Waals surface area contributed by atoms with E-state index in [1.54, 1.807) is 6.07 Å². The Balaban J connectivity index is 1.53. The summed E-state index contributed by atoms with van der Waals surface area (Å²) in [6, 6.07) is 32.5. The molecular weight excluding hydrogens is 604 g/mol. The monoisotopic (exact) mass is 632 g/mol. The molecule has 0 radical (unpaired) electrons. The van der Waals surface area contributed by atoms with Gasteiger partial charge in [-0.05, 0) is 65.2 Å². The van der Waals surface area contributed by atoms with Gasteiger partial charge in [0.1, 0.15) is 5.75 Å². The molecule has 1 heterocycles. The summed E-state index contributed by atoms with van der Waals surface area (Å²) in [5, 5.41) is 12.7. The Hall–Kier alpha value is -3.65. The summed E-state index contributed by atoms with van der Waals surface area (Å²) >= 11 is 9.70. The minimum absolute atomic E-state index is 0.0728. The predicted octanol–water partition coefficient (Wildman–Crippen LogP) is 6.68. The van der Waals surface area contributed by atoms with Gasteiger partial charge in [0.25, 0.3) is 5.91 Å². The SMILES string of the molecule is O=C(NCc1cccc(Cl)c1)[C@]1(Cc2ccc(Br)cc2)N=C(c2ccc(OCCCO)cc2)O[C@@H]1c1ccccc1. The van der Waals surface area contributed by atoms with E-state index in [4.69, 9.17) is 31.2 Å². The van der Waals surface area contributed by atoms with E-state index < -0.39 is 11.6 Å². The molecule has 210 valence electrons. The van der Waals surface area contributed by atoms with Crippen LogP contribution in [0.2, 0.25) is 5.02 Å². The molecule has 0 aliphatic carbocycles. The number of hydrogen-bond donors (Lipinski definition) is 2. The van der Waals surface area contributed by atoms with Crippen molar-refractivity contribution in [2.45, 2.75) is 31.0 Å². The van der Waals surface area contributed by atoms with Gasteiger partial charge in [-0.3, -0.25) is 4.79 Å². The number of halogens is 2. The summed E-state index contributed by atoms with van der Waals surface area (Å²) in [7, 11) is 0. The van der Waals surface area contributed by atoms with Gasteiger partial charge in [0.05, 0.1) is 6.61 Å². The number of aliphatic hydroxyl groups is 1. The molecule has 5 rings (SSSR count). The molecule has 1 aliphatic heterocycles. The zero-order valence-corrected chi connectivity index (χ0v) is 24.6. The first kappa shape index (κ1) is 28.9.